The van der Waals surface area contributed by atoms with Crippen LogP contribution in [0.2, 0.25) is 0 Å². The zero-order valence-electron chi connectivity index (χ0n) is 15.8. The molecule has 0 aliphatic carbocycles. The molecule has 26 heavy (non-hydrogen) atoms. The predicted molar refractivity (Wildman–Crippen MR) is 110 cm³/mol. The van der Waals surface area contributed by atoms with Crippen molar-refractivity contribution in [3.63, 3.8) is 0 Å². The first-order chi connectivity index (χ1) is 12.8. The number of nitrogens with one attached hydrogen (secondary N) is 2. The lowest BCUT2D eigenvalue weighted by Crippen LogP contribution is -2.38. The fourth-order valence-electron chi connectivity index (χ4n) is 2.42. The lowest BCUT2D eigenvalue weighted by molar-refractivity contribution is 0.117. The Morgan fingerprint density at radius 3 is 2.77 bits per heavy atom. The van der Waals surface area contributed by atoms with Crippen LogP contribution in [-0.4, -0.2) is 37.2 Å². The summed E-state index contributed by atoms with van der Waals surface area (Å²) in [6, 6.07) is 10.3. The second kappa shape index (κ2) is 12.4. The van der Waals surface area contributed by atoms with Crippen LogP contribution in [0.4, 0.5) is 0 Å². The van der Waals surface area contributed by atoms with Gasteiger partial charge < -0.3 is 15.4 Å². The van der Waals surface area contributed by atoms with E-state index in [4.69, 9.17) is 4.74 Å². The molecule has 0 spiro atoms. The van der Waals surface area contributed by atoms with Crippen LogP contribution in [0.3, 0.4) is 0 Å². The van der Waals surface area contributed by atoms with Gasteiger partial charge in [-0.3, -0.25) is 4.99 Å². The summed E-state index contributed by atoms with van der Waals surface area (Å²) in [7, 11) is 0. The van der Waals surface area contributed by atoms with Crippen LogP contribution in [0, 0.1) is 6.92 Å². The van der Waals surface area contributed by atoms with Crippen molar-refractivity contribution in [2.24, 2.45) is 4.99 Å². The number of nitrogens with zero attached hydrogens (tertiary/aromatic N) is 2. The van der Waals surface area contributed by atoms with E-state index in [-0.39, 0.29) is 0 Å². The van der Waals surface area contributed by atoms with E-state index >= 15 is 0 Å². The number of guanidine groups is 1. The average Bonchev–Trinajstić information content (AvgIpc) is 3.07. The van der Waals surface area contributed by atoms with Gasteiger partial charge in [-0.15, -0.1) is 11.3 Å². The van der Waals surface area contributed by atoms with E-state index in [9.17, 15) is 0 Å². The van der Waals surface area contributed by atoms with Crippen molar-refractivity contribution in [3.8, 4) is 0 Å². The van der Waals surface area contributed by atoms with Crippen LogP contribution >= 0.6 is 11.3 Å². The lowest BCUT2D eigenvalue weighted by atomic mass is 10.2. The van der Waals surface area contributed by atoms with E-state index in [2.05, 4.69) is 46.6 Å². The molecule has 2 N–H and O–H groups in total. The molecule has 0 unspecified atom stereocenters. The smallest absolute Gasteiger partial charge is 0.191 e. The largest absolute Gasteiger partial charge is 0.377 e. The van der Waals surface area contributed by atoms with E-state index in [0.717, 1.165) is 51.5 Å². The average molecular weight is 375 g/mol. The maximum atomic E-state index is 5.70. The summed E-state index contributed by atoms with van der Waals surface area (Å²) in [5.41, 5.74) is 1.22. The molecule has 0 radical (unpaired) electrons. The third-order valence-corrected chi connectivity index (χ3v) is 4.70. The molecule has 1 aromatic heterocycles. The minimum absolute atomic E-state index is 0.685. The van der Waals surface area contributed by atoms with E-state index in [1.165, 1.54) is 15.4 Å². The summed E-state index contributed by atoms with van der Waals surface area (Å²) >= 11 is 1.75. The molecular weight excluding hydrogens is 344 g/mol. The molecule has 0 atom stereocenters. The molecular formula is C20H30N4OS. The molecule has 142 valence electrons. The molecule has 2 aromatic rings. The van der Waals surface area contributed by atoms with E-state index in [0.29, 0.717) is 6.61 Å². The van der Waals surface area contributed by atoms with Crippen LogP contribution in [0.15, 0.2) is 41.5 Å². The molecule has 6 heteroatoms. The number of ether oxygens (including phenoxy) is 1. The number of hydrogen-bond acceptors (Lipinski definition) is 4. The number of unbranched alkanes of at least 4 members (excludes halogenated alkanes) is 1. The normalized spacial score (nSPS) is 11.5. The maximum Gasteiger partial charge on any atom is 0.191 e. The zero-order valence-corrected chi connectivity index (χ0v) is 16.6. The van der Waals surface area contributed by atoms with E-state index in [1.54, 1.807) is 11.3 Å². The molecule has 1 heterocycles. The van der Waals surface area contributed by atoms with Crippen molar-refractivity contribution in [1.82, 2.24) is 15.6 Å². The summed E-state index contributed by atoms with van der Waals surface area (Å²) in [6.07, 6.45) is 4.90. The molecule has 2 rings (SSSR count). The Balaban J connectivity index is 1.57. The fourth-order valence-corrected chi connectivity index (χ4v) is 3.20. The molecule has 0 aliphatic heterocycles. The quantitative estimate of drug-likeness (QED) is 0.359. The summed E-state index contributed by atoms with van der Waals surface area (Å²) in [5, 5.41) is 7.83. The molecule has 0 saturated carbocycles. The third kappa shape index (κ3) is 8.45. The van der Waals surface area contributed by atoms with Gasteiger partial charge in [0.2, 0.25) is 0 Å². The van der Waals surface area contributed by atoms with Crippen molar-refractivity contribution < 1.29 is 4.74 Å². The first kappa shape index (κ1) is 20.4. The Hall–Kier alpha value is -1.92. The Morgan fingerprint density at radius 2 is 2.04 bits per heavy atom. The lowest BCUT2D eigenvalue weighted by Gasteiger charge is -2.10. The van der Waals surface area contributed by atoms with Gasteiger partial charge in [0.1, 0.15) is 0 Å². The van der Waals surface area contributed by atoms with Gasteiger partial charge in [0.15, 0.2) is 5.96 Å². The molecule has 5 nitrogen and oxygen atoms in total. The second-order valence-corrected chi connectivity index (χ2v) is 7.37. The number of aliphatic imine (C=N–C) groups is 1. The summed E-state index contributed by atoms with van der Waals surface area (Å²) in [5.74, 6) is 0.881. The Kier molecular flexibility index (Phi) is 9.75. The fraction of sp³-hybridized carbons (Fsp3) is 0.500. The van der Waals surface area contributed by atoms with Gasteiger partial charge in [-0.25, -0.2) is 4.98 Å². The Labute approximate surface area is 160 Å². The van der Waals surface area contributed by atoms with Crippen molar-refractivity contribution in [3.05, 3.63) is 52.0 Å². The molecule has 0 aliphatic rings. The maximum absolute atomic E-state index is 5.70. The highest BCUT2D eigenvalue weighted by atomic mass is 32.1. The first-order valence-corrected chi connectivity index (χ1v) is 10.1. The van der Waals surface area contributed by atoms with E-state index < -0.39 is 0 Å². The number of thiazole rings is 1. The van der Waals surface area contributed by atoms with Gasteiger partial charge in [-0.05, 0) is 32.3 Å². The highest BCUT2D eigenvalue weighted by Gasteiger charge is 2.01. The number of aryl methyl sites for hydroxylation is 1. The third-order valence-electron chi connectivity index (χ3n) is 3.72. The van der Waals surface area contributed by atoms with Gasteiger partial charge in [0.25, 0.3) is 0 Å². The summed E-state index contributed by atoms with van der Waals surface area (Å²) < 4.78 is 5.70. The standard InChI is InChI=1S/C20H30N4OS/c1-3-21-20(23-13-11-19-24-15-17(2)26-19)22-12-7-8-14-25-16-18-9-5-4-6-10-18/h4-6,9-10,15H,3,7-8,11-14,16H2,1-2H3,(H2,21,22,23). The van der Waals surface area contributed by atoms with Crippen molar-refractivity contribution >= 4 is 17.3 Å². The molecule has 1 aromatic carbocycles. The minimum Gasteiger partial charge on any atom is -0.377 e. The van der Waals surface area contributed by atoms with Gasteiger partial charge in [0, 0.05) is 43.7 Å². The molecule has 0 amide bonds. The van der Waals surface area contributed by atoms with Crippen LogP contribution in [0.1, 0.15) is 35.2 Å². The van der Waals surface area contributed by atoms with Crippen LogP contribution in [-0.2, 0) is 17.8 Å². The predicted octanol–water partition coefficient (Wildman–Crippen LogP) is 3.55. The number of hydrogen-bond donors (Lipinski definition) is 2. The van der Waals surface area contributed by atoms with Crippen molar-refractivity contribution in [2.45, 2.75) is 39.7 Å². The first-order valence-electron chi connectivity index (χ1n) is 9.33. The summed E-state index contributed by atoms with van der Waals surface area (Å²) in [6.45, 7) is 8.15. The van der Waals surface area contributed by atoms with Crippen molar-refractivity contribution in [2.75, 3.05) is 26.2 Å². The minimum atomic E-state index is 0.685. The Morgan fingerprint density at radius 1 is 1.19 bits per heavy atom. The molecule has 0 fully saturated rings. The SMILES string of the molecule is CCNC(=NCCCCOCc1ccccc1)NCCc1ncc(C)s1. The van der Waals surface area contributed by atoms with Crippen LogP contribution < -0.4 is 10.6 Å². The van der Waals surface area contributed by atoms with Crippen LogP contribution in [0.5, 0.6) is 0 Å². The molecule has 0 saturated heterocycles. The topological polar surface area (TPSA) is 58.5 Å². The zero-order chi connectivity index (χ0) is 18.5. The van der Waals surface area contributed by atoms with E-state index in [1.807, 2.05) is 24.4 Å². The highest BCUT2D eigenvalue weighted by Crippen LogP contribution is 2.10. The van der Waals surface area contributed by atoms with Crippen molar-refractivity contribution in [1.29, 1.82) is 0 Å². The molecule has 0 bridgehead atoms. The van der Waals surface area contributed by atoms with Gasteiger partial charge >= 0.3 is 0 Å². The Bertz CT molecular complexity index is 642. The van der Waals surface area contributed by atoms with Crippen LogP contribution in [0.25, 0.3) is 0 Å². The summed E-state index contributed by atoms with van der Waals surface area (Å²) in [4.78, 5) is 10.3. The highest BCUT2D eigenvalue weighted by molar-refractivity contribution is 7.11. The van der Waals surface area contributed by atoms with Gasteiger partial charge in [0.05, 0.1) is 11.6 Å². The van der Waals surface area contributed by atoms with Gasteiger partial charge in [-0.1, -0.05) is 30.3 Å². The second-order valence-electron chi connectivity index (χ2n) is 6.05. The van der Waals surface area contributed by atoms with Gasteiger partial charge in [-0.2, -0.15) is 0 Å². The number of rotatable bonds is 11. The number of aromatic nitrogens is 1. The monoisotopic (exact) mass is 374 g/mol. The number of benzene rings is 1.